The molecule has 1 aliphatic heterocycles. The van der Waals surface area contributed by atoms with Gasteiger partial charge in [-0.3, -0.25) is 18.1 Å². The Labute approximate surface area is 176 Å². The summed E-state index contributed by atoms with van der Waals surface area (Å²) >= 11 is 0. The predicted octanol–water partition coefficient (Wildman–Crippen LogP) is 6.92. The highest BCUT2D eigenvalue weighted by Gasteiger charge is 2.49. The molecule has 29 heavy (non-hydrogen) atoms. The number of rotatable bonds is 12. The maximum absolute atomic E-state index is 13.9. The van der Waals surface area contributed by atoms with Gasteiger partial charge in [-0.25, -0.2) is 4.57 Å². The molecule has 1 heterocycles. The SMILES string of the molecule is CCCCOP(=O)(OCCCC)C(OP1(=O)OCC(C)(C)CO1)C1CCCCC1. The molecular weight excluding hydrogens is 414 g/mol. The van der Waals surface area contributed by atoms with Gasteiger partial charge in [0.1, 0.15) is 0 Å². The second kappa shape index (κ2) is 11.8. The molecule has 0 bridgehead atoms. The Bertz CT molecular complexity index is 547. The average molecular weight is 454 g/mol. The number of phosphoric ester groups is 1. The molecule has 0 aromatic rings. The van der Waals surface area contributed by atoms with Gasteiger partial charge in [-0.05, 0) is 31.6 Å². The molecule has 0 aromatic carbocycles. The molecule has 1 saturated carbocycles. The predicted molar refractivity (Wildman–Crippen MR) is 114 cm³/mol. The lowest BCUT2D eigenvalue weighted by Crippen LogP contribution is -2.33. The van der Waals surface area contributed by atoms with E-state index in [0.717, 1.165) is 57.8 Å². The Balaban J connectivity index is 2.22. The standard InChI is InChI=1S/C20H40O7P2/c1-5-7-14-23-28(21,24-15-8-6-2)19(18-12-10-9-11-13-18)27-29(22)25-16-20(3,4)17-26-29/h18-19H,5-17H2,1-4H3. The fourth-order valence-corrected chi connectivity index (χ4v) is 7.86. The van der Waals surface area contributed by atoms with Gasteiger partial charge in [0.15, 0.2) is 5.85 Å². The van der Waals surface area contributed by atoms with E-state index in [0.29, 0.717) is 13.2 Å². The zero-order valence-corrected chi connectivity index (χ0v) is 20.4. The van der Waals surface area contributed by atoms with Gasteiger partial charge >= 0.3 is 15.4 Å². The van der Waals surface area contributed by atoms with Crippen molar-refractivity contribution >= 4 is 15.4 Å². The summed E-state index contributed by atoms with van der Waals surface area (Å²) in [6.45, 7) is 9.22. The molecule has 0 radical (unpaired) electrons. The molecule has 2 fully saturated rings. The lowest BCUT2D eigenvalue weighted by Gasteiger charge is -2.38. The number of hydrogen-bond donors (Lipinski definition) is 0. The van der Waals surface area contributed by atoms with Crippen LogP contribution in [0.4, 0.5) is 0 Å². The lowest BCUT2D eigenvalue weighted by atomic mass is 9.90. The smallest absolute Gasteiger partial charge is 0.307 e. The molecule has 2 aliphatic rings. The third kappa shape index (κ3) is 8.03. The molecule has 172 valence electrons. The van der Waals surface area contributed by atoms with Crippen molar-refractivity contribution in [3.63, 3.8) is 0 Å². The summed E-state index contributed by atoms with van der Waals surface area (Å²) in [6.07, 6.45) is 8.26. The molecule has 1 unspecified atom stereocenters. The van der Waals surface area contributed by atoms with Gasteiger partial charge in [-0.1, -0.05) is 59.8 Å². The van der Waals surface area contributed by atoms with Gasteiger partial charge in [0.25, 0.3) is 0 Å². The fraction of sp³-hybridized carbons (Fsp3) is 1.00. The van der Waals surface area contributed by atoms with Gasteiger partial charge in [0.05, 0.1) is 26.4 Å². The van der Waals surface area contributed by atoms with E-state index in [1.54, 1.807) is 0 Å². The quantitative estimate of drug-likeness (QED) is 0.234. The van der Waals surface area contributed by atoms with Crippen LogP contribution < -0.4 is 0 Å². The van der Waals surface area contributed by atoms with Crippen LogP contribution in [0.5, 0.6) is 0 Å². The second-order valence-corrected chi connectivity index (χ2v) is 12.7. The van der Waals surface area contributed by atoms with Gasteiger partial charge in [0, 0.05) is 5.41 Å². The molecular formula is C20H40O7P2. The van der Waals surface area contributed by atoms with Gasteiger partial charge < -0.3 is 9.05 Å². The fourth-order valence-electron chi connectivity index (χ4n) is 3.46. The summed E-state index contributed by atoms with van der Waals surface area (Å²) in [5, 5.41) is 0. The monoisotopic (exact) mass is 454 g/mol. The summed E-state index contributed by atoms with van der Waals surface area (Å²) in [6, 6.07) is 0. The van der Waals surface area contributed by atoms with Crippen LogP contribution >= 0.6 is 15.4 Å². The minimum Gasteiger partial charge on any atom is -0.307 e. The highest BCUT2D eigenvalue weighted by Crippen LogP contribution is 2.65. The third-order valence-electron chi connectivity index (χ3n) is 5.37. The second-order valence-electron chi connectivity index (χ2n) is 8.97. The Morgan fingerprint density at radius 1 is 1.00 bits per heavy atom. The van der Waals surface area contributed by atoms with Crippen molar-refractivity contribution in [2.75, 3.05) is 26.4 Å². The first-order valence-electron chi connectivity index (χ1n) is 11.2. The van der Waals surface area contributed by atoms with Crippen LogP contribution in [0.2, 0.25) is 0 Å². The number of hydrogen-bond acceptors (Lipinski definition) is 7. The van der Waals surface area contributed by atoms with Crippen LogP contribution in [0, 0.1) is 11.3 Å². The molecule has 1 atom stereocenters. The van der Waals surface area contributed by atoms with E-state index in [4.69, 9.17) is 22.6 Å². The summed E-state index contributed by atoms with van der Waals surface area (Å²) in [5.74, 6) is -0.977. The first-order chi connectivity index (χ1) is 13.7. The van der Waals surface area contributed by atoms with E-state index in [-0.39, 0.29) is 24.5 Å². The maximum Gasteiger partial charge on any atom is 0.475 e. The molecule has 1 saturated heterocycles. The van der Waals surface area contributed by atoms with Crippen molar-refractivity contribution in [1.29, 1.82) is 0 Å². The van der Waals surface area contributed by atoms with Crippen molar-refractivity contribution in [3.05, 3.63) is 0 Å². The summed E-state index contributed by atoms with van der Waals surface area (Å²) in [7, 11) is -7.48. The molecule has 2 rings (SSSR count). The lowest BCUT2D eigenvalue weighted by molar-refractivity contribution is -0.0162. The molecule has 7 nitrogen and oxygen atoms in total. The minimum atomic E-state index is -3.82. The van der Waals surface area contributed by atoms with E-state index in [9.17, 15) is 9.13 Å². The van der Waals surface area contributed by atoms with Crippen molar-refractivity contribution < 1.29 is 31.7 Å². The van der Waals surface area contributed by atoms with E-state index in [1.807, 2.05) is 27.7 Å². The van der Waals surface area contributed by atoms with E-state index >= 15 is 0 Å². The molecule has 1 aliphatic carbocycles. The Morgan fingerprint density at radius 2 is 1.52 bits per heavy atom. The molecule has 0 N–H and O–H groups in total. The highest BCUT2D eigenvalue weighted by atomic mass is 31.2. The maximum atomic E-state index is 13.9. The van der Waals surface area contributed by atoms with Crippen LogP contribution in [0.25, 0.3) is 0 Å². The molecule has 0 aromatic heterocycles. The largest absolute Gasteiger partial charge is 0.475 e. The Kier molecular flexibility index (Phi) is 10.3. The normalized spacial score (nSPS) is 23.7. The van der Waals surface area contributed by atoms with E-state index < -0.39 is 21.3 Å². The van der Waals surface area contributed by atoms with E-state index in [2.05, 4.69) is 0 Å². The van der Waals surface area contributed by atoms with Gasteiger partial charge in [-0.2, -0.15) is 0 Å². The molecule has 0 amide bonds. The first-order valence-corrected chi connectivity index (χ1v) is 14.3. The number of unbranched alkanes of at least 4 members (excludes halogenated alkanes) is 2. The van der Waals surface area contributed by atoms with Crippen molar-refractivity contribution in [1.82, 2.24) is 0 Å². The van der Waals surface area contributed by atoms with Crippen LogP contribution in [0.3, 0.4) is 0 Å². The number of phosphoric acid groups is 1. The van der Waals surface area contributed by atoms with Crippen molar-refractivity contribution in [2.45, 2.75) is 91.3 Å². The van der Waals surface area contributed by atoms with Crippen LogP contribution in [0.1, 0.15) is 85.5 Å². The molecule has 9 heteroatoms. The summed E-state index contributed by atoms with van der Waals surface area (Å²) in [5.41, 5.74) is -0.240. The Morgan fingerprint density at radius 3 is 2.00 bits per heavy atom. The Hall–Kier alpha value is 0.260. The van der Waals surface area contributed by atoms with Crippen molar-refractivity contribution in [3.8, 4) is 0 Å². The minimum absolute atomic E-state index is 0.0502. The van der Waals surface area contributed by atoms with Crippen LogP contribution in [-0.4, -0.2) is 32.3 Å². The third-order valence-corrected chi connectivity index (χ3v) is 9.14. The zero-order valence-electron chi connectivity index (χ0n) is 18.6. The van der Waals surface area contributed by atoms with Gasteiger partial charge in [0.2, 0.25) is 0 Å². The summed E-state index contributed by atoms with van der Waals surface area (Å²) in [4.78, 5) is 0. The van der Waals surface area contributed by atoms with Crippen LogP contribution in [-0.2, 0) is 31.7 Å². The van der Waals surface area contributed by atoms with Gasteiger partial charge in [-0.15, -0.1) is 0 Å². The highest BCUT2D eigenvalue weighted by molar-refractivity contribution is 7.56. The van der Waals surface area contributed by atoms with E-state index in [1.165, 1.54) is 0 Å². The zero-order chi connectivity index (χ0) is 21.4. The average Bonchev–Trinajstić information content (AvgIpc) is 2.70. The topological polar surface area (TPSA) is 80.3 Å². The van der Waals surface area contributed by atoms with Crippen LogP contribution in [0.15, 0.2) is 0 Å². The van der Waals surface area contributed by atoms with Crippen molar-refractivity contribution in [2.24, 2.45) is 11.3 Å². The molecule has 0 spiro atoms. The first kappa shape index (κ1) is 25.5. The summed E-state index contributed by atoms with van der Waals surface area (Å²) < 4.78 is 55.7.